The van der Waals surface area contributed by atoms with Gasteiger partial charge < -0.3 is 29.9 Å². The summed E-state index contributed by atoms with van der Waals surface area (Å²) >= 11 is 0. The third-order valence-electron chi connectivity index (χ3n) is 4.36. The van der Waals surface area contributed by atoms with Crippen molar-refractivity contribution in [1.82, 2.24) is 0 Å². The molecule has 2 aromatic rings. The Labute approximate surface area is 139 Å². The zero-order chi connectivity index (χ0) is 17.3. The van der Waals surface area contributed by atoms with E-state index in [-0.39, 0.29) is 23.9 Å². The fraction of sp³-hybridized carbons (Fsp3) is 0.333. The van der Waals surface area contributed by atoms with E-state index in [0.29, 0.717) is 5.56 Å². The van der Waals surface area contributed by atoms with E-state index in [9.17, 15) is 20.4 Å². The van der Waals surface area contributed by atoms with Crippen LogP contribution >= 0.6 is 0 Å². The molecular formula is C18H20O6. The number of phenols is 2. The molecule has 4 N–H and O–H groups in total. The minimum Gasteiger partial charge on any atom is -0.508 e. The molecule has 0 spiro atoms. The number of hydrogen-bond acceptors (Lipinski definition) is 6. The SMILES string of the molecule is COc1cc([C@@H](O)[C@H]2OC[C@@H](O)[C@H]2c2ccc(O)cc2)ccc1O. The van der Waals surface area contributed by atoms with Crippen LogP contribution in [0.15, 0.2) is 42.5 Å². The first-order chi connectivity index (χ1) is 11.5. The zero-order valence-corrected chi connectivity index (χ0v) is 13.2. The molecule has 1 aliphatic heterocycles. The van der Waals surface area contributed by atoms with Crippen molar-refractivity contribution in [3.8, 4) is 17.2 Å². The normalized spacial score (nSPS) is 24.7. The molecule has 2 aromatic carbocycles. The van der Waals surface area contributed by atoms with Gasteiger partial charge in [-0.1, -0.05) is 18.2 Å². The highest BCUT2D eigenvalue weighted by Crippen LogP contribution is 2.40. The Bertz CT molecular complexity index is 699. The van der Waals surface area contributed by atoms with Crippen LogP contribution < -0.4 is 4.74 Å². The van der Waals surface area contributed by atoms with Crippen molar-refractivity contribution in [1.29, 1.82) is 0 Å². The number of aromatic hydroxyl groups is 2. The summed E-state index contributed by atoms with van der Waals surface area (Å²) in [6.07, 6.45) is -2.41. The van der Waals surface area contributed by atoms with Crippen molar-refractivity contribution in [2.75, 3.05) is 13.7 Å². The van der Waals surface area contributed by atoms with E-state index in [1.807, 2.05) is 0 Å². The molecule has 128 valence electrons. The topological polar surface area (TPSA) is 99.4 Å². The van der Waals surface area contributed by atoms with Crippen LogP contribution in [-0.4, -0.2) is 46.4 Å². The average Bonchev–Trinajstić information content (AvgIpc) is 2.97. The van der Waals surface area contributed by atoms with E-state index >= 15 is 0 Å². The molecule has 24 heavy (non-hydrogen) atoms. The van der Waals surface area contributed by atoms with Gasteiger partial charge in [-0.15, -0.1) is 0 Å². The highest BCUT2D eigenvalue weighted by molar-refractivity contribution is 5.43. The van der Waals surface area contributed by atoms with Gasteiger partial charge in [0.05, 0.1) is 25.9 Å². The summed E-state index contributed by atoms with van der Waals surface area (Å²) in [5.41, 5.74) is 1.29. The smallest absolute Gasteiger partial charge is 0.160 e. The van der Waals surface area contributed by atoms with Crippen LogP contribution in [-0.2, 0) is 4.74 Å². The lowest BCUT2D eigenvalue weighted by Crippen LogP contribution is -2.27. The van der Waals surface area contributed by atoms with Crippen molar-refractivity contribution >= 4 is 0 Å². The molecule has 4 atom stereocenters. The third-order valence-corrected chi connectivity index (χ3v) is 4.36. The largest absolute Gasteiger partial charge is 0.508 e. The summed E-state index contributed by atoms with van der Waals surface area (Å²) in [7, 11) is 1.43. The summed E-state index contributed by atoms with van der Waals surface area (Å²) in [6.45, 7) is 0.114. The Balaban J connectivity index is 1.90. The predicted molar refractivity (Wildman–Crippen MR) is 86.2 cm³/mol. The minimum absolute atomic E-state index is 0.0177. The van der Waals surface area contributed by atoms with Gasteiger partial charge in [0.1, 0.15) is 11.9 Å². The van der Waals surface area contributed by atoms with Gasteiger partial charge in [-0.2, -0.15) is 0 Å². The Kier molecular flexibility index (Phi) is 4.62. The summed E-state index contributed by atoms with van der Waals surface area (Å²) in [5, 5.41) is 40.1. The summed E-state index contributed by atoms with van der Waals surface area (Å²) < 4.78 is 10.7. The molecular weight excluding hydrogens is 312 g/mol. The summed E-state index contributed by atoms with van der Waals surface area (Å²) in [6, 6.07) is 11.1. The molecule has 1 aliphatic rings. The van der Waals surface area contributed by atoms with Crippen molar-refractivity contribution < 1.29 is 29.9 Å². The van der Waals surface area contributed by atoms with Crippen LogP contribution in [0.2, 0.25) is 0 Å². The minimum atomic E-state index is -1.00. The number of rotatable bonds is 4. The van der Waals surface area contributed by atoms with Gasteiger partial charge in [-0.05, 0) is 35.4 Å². The third kappa shape index (κ3) is 3.03. The summed E-state index contributed by atoms with van der Waals surface area (Å²) in [5.74, 6) is -0.0601. The van der Waals surface area contributed by atoms with Crippen molar-refractivity contribution in [2.45, 2.75) is 24.2 Å². The van der Waals surface area contributed by atoms with Crippen LogP contribution in [0.3, 0.4) is 0 Å². The fourth-order valence-electron chi connectivity index (χ4n) is 3.10. The monoisotopic (exact) mass is 332 g/mol. The molecule has 0 radical (unpaired) electrons. The second-order valence-electron chi connectivity index (χ2n) is 5.86. The first-order valence-electron chi connectivity index (χ1n) is 7.65. The van der Waals surface area contributed by atoms with Gasteiger partial charge in [0.2, 0.25) is 0 Å². The first kappa shape index (κ1) is 16.6. The standard InChI is InChI=1S/C18H20O6/c1-23-15-8-11(4-7-13(15)20)17(22)18-16(14(21)9-24-18)10-2-5-12(19)6-3-10/h2-8,14,16-22H,9H2,1H3/t14-,16-,17-,18+/m1/s1. The highest BCUT2D eigenvalue weighted by atomic mass is 16.5. The van der Waals surface area contributed by atoms with Crippen LogP contribution in [0.4, 0.5) is 0 Å². The van der Waals surface area contributed by atoms with Gasteiger partial charge in [-0.3, -0.25) is 0 Å². The molecule has 3 rings (SSSR count). The Morgan fingerprint density at radius 1 is 1.12 bits per heavy atom. The number of phenolic OH excluding ortho intramolecular Hbond substituents is 2. The maximum Gasteiger partial charge on any atom is 0.160 e. The Morgan fingerprint density at radius 2 is 1.83 bits per heavy atom. The van der Waals surface area contributed by atoms with Gasteiger partial charge in [-0.25, -0.2) is 0 Å². The number of benzene rings is 2. The van der Waals surface area contributed by atoms with E-state index in [2.05, 4.69) is 0 Å². The van der Waals surface area contributed by atoms with Crippen LogP contribution in [0.5, 0.6) is 17.2 Å². The van der Waals surface area contributed by atoms with Crippen LogP contribution in [0.25, 0.3) is 0 Å². The lowest BCUT2D eigenvalue weighted by Gasteiger charge is -2.26. The van der Waals surface area contributed by atoms with E-state index in [1.165, 1.54) is 25.3 Å². The molecule has 0 aromatic heterocycles. The molecule has 6 nitrogen and oxygen atoms in total. The van der Waals surface area contributed by atoms with Crippen LogP contribution in [0.1, 0.15) is 23.1 Å². The van der Waals surface area contributed by atoms with E-state index in [4.69, 9.17) is 9.47 Å². The quantitative estimate of drug-likeness (QED) is 0.680. The molecule has 0 saturated carbocycles. The van der Waals surface area contributed by atoms with Gasteiger partial charge in [0, 0.05) is 5.92 Å². The van der Waals surface area contributed by atoms with E-state index < -0.39 is 24.2 Å². The number of ether oxygens (including phenoxy) is 2. The molecule has 6 heteroatoms. The van der Waals surface area contributed by atoms with Crippen molar-refractivity contribution in [2.24, 2.45) is 0 Å². The van der Waals surface area contributed by atoms with Gasteiger partial charge in [0.25, 0.3) is 0 Å². The number of aliphatic hydroxyl groups is 2. The maximum absolute atomic E-state index is 10.7. The number of aliphatic hydroxyl groups excluding tert-OH is 2. The molecule has 1 saturated heterocycles. The first-order valence-corrected chi connectivity index (χ1v) is 7.65. The zero-order valence-electron chi connectivity index (χ0n) is 13.2. The molecule has 0 amide bonds. The molecule has 0 bridgehead atoms. The molecule has 1 fully saturated rings. The van der Waals surface area contributed by atoms with Crippen LogP contribution in [0, 0.1) is 0 Å². The average molecular weight is 332 g/mol. The number of methoxy groups -OCH3 is 1. The lowest BCUT2D eigenvalue weighted by atomic mass is 9.86. The van der Waals surface area contributed by atoms with Crippen molar-refractivity contribution in [3.63, 3.8) is 0 Å². The molecule has 0 aliphatic carbocycles. The molecule has 1 heterocycles. The maximum atomic E-state index is 10.7. The molecule has 0 unspecified atom stereocenters. The lowest BCUT2D eigenvalue weighted by molar-refractivity contribution is -0.0100. The van der Waals surface area contributed by atoms with Crippen molar-refractivity contribution in [3.05, 3.63) is 53.6 Å². The number of hydrogen-bond donors (Lipinski definition) is 4. The predicted octanol–water partition coefficient (Wildman–Crippen LogP) is 1.68. The fourth-order valence-corrected chi connectivity index (χ4v) is 3.10. The Morgan fingerprint density at radius 3 is 2.50 bits per heavy atom. The van der Waals surface area contributed by atoms with Gasteiger partial charge in [0.15, 0.2) is 11.5 Å². The van der Waals surface area contributed by atoms with Gasteiger partial charge >= 0.3 is 0 Å². The highest BCUT2D eigenvalue weighted by Gasteiger charge is 2.42. The Hall–Kier alpha value is -2.28. The summed E-state index contributed by atoms with van der Waals surface area (Å²) in [4.78, 5) is 0. The second kappa shape index (κ2) is 6.68. The van der Waals surface area contributed by atoms with E-state index in [0.717, 1.165) is 5.56 Å². The second-order valence-corrected chi connectivity index (χ2v) is 5.86. The van der Waals surface area contributed by atoms with E-state index in [1.54, 1.807) is 24.3 Å².